The summed E-state index contributed by atoms with van der Waals surface area (Å²) in [6.45, 7) is 6.37. The van der Waals surface area contributed by atoms with Gasteiger partial charge in [-0.3, -0.25) is 0 Å². The van der Waals surface area contributed by atoms with Crippen molar-refractivity contribution >= 4 is 0 Å². The van der Waals surface area contributed by atoms with E-state index in [0.717, 1.165) is 11.4 Å². The molecule has 0 radical (unpaired) electrons. The van der Waals surface area contributed by atoms with Crippen molar-refractivity contribution in [1.82, 2.24) is 19.7 Å². The van der Waals surface area contributed by atoms with Crippen LogP contribution in [0.2, 0.25) is 0 Å². The van der Waals surface area contributed by atoms with Gasteiger partial charge in [-0.15, -0.1) is 10.2 Å². The fraction of sp³-hybridized carbons (Fsp3) is 0.444. The fourth-order valence-corrected chi connectivity index (χ4v) is 1.25. The molecule has 0 aliphatic carbocycles. The maximum Gasteiger partial charge on any atom is 0.236 e. The van der Waals surface area contributed by atoms with Crippen molar-refractivity contribution in [3.63, 3.8) is 0 Å². The van der Waals surface area contributed by atoms with Crippen molar-refractivity contribution in [2.75, 3.05) is 0 Å². The number of rotatable bonds is 2. The lowest BCUT2D eigenvalue weighted by molar-refractivity contribution is 0.452. The van der Waals surface area contributed by atoms with Crippen molar-refractivity contribution in [1.29, 1.82) is 0 Å². The zero-order chi connectivity index (χ0) is 10.1. The molecule has 0 saturated carbocycles. The molecule has 0 fully saturated rings. The van der Waals surface area contributed by atoms with E-state index in [9.17, 15) is 0 Å². The van der Waals surface area contributed by atoms with Gasteiger partial charge < -0.3 is 8.98 Å². The van der Waals surface area contributed by atoms with Gasteiger partial charge in [-0.25, -0.2) is 4.98 Å². The quantitative estimate of drug-likeness (QED) is 0.718. The number of aryl methyl sites for hydroxylation is 2. The van der Waals surface area contributed by atoms with Crippen molar-refractivity contribution in [3.8, 4) is 0 Å². The first-order valence-corrected chi connectivity index (χ1v) is 4.44. The molecule has 2 heterocycles. The van der Waals surface area contributed by atoms with E-state index in [1.807, 2.05) is 18.4 Å². The summed E-state index contributed by atoms with van der Waals surface area (Å²) in [6, 6.07) is 0. The molecule has 2 aromatic rings. The van der Waals surface area contributed by atoms with Crippen LogP contribution < -0.4 is 0 Å². The van der Waals surface area contributed by atoms with E-state index in [2.05, 4.69) is 15.2 Å². The highest BCUT2D eigenvalue weighted by molar-refractivity contribution is 5.09. The van der Waals surface area contributed by atoms with Crippen molar-refractivity contribution in [2.24, 2.45) is 0 Å². The fourth-order valence-electron chi connectivity index (χ4n) is 1.25. The van der Waals surface area contributed by atoms with Crippen molar-refractivity contribution in [2.45, 2.75) is 27.3 Å². The number of hydrogen-bond donors (Lipinski definition) is 0. The minimum Gasteiger partial charge on any atom is -0.424 e. The van der Waals surface area contributed by atoms with E-state index in [-0.39, 0.29) is 0 Å². The Labute approximate surface area is 81.8 Å². The van der Waals surface area contributed by atoms with Gasteiger partial charge in [-0.2, -0.15) is 0 Å². The molecule has 14 heavy (non-hydrogen) atoms. The molecule has 0 saturated heterocycles. The summed E-state index contributed by atoms with van der Waals surface area (Å²) < 4.78 is 7.27. The van der Waals surface area contributed by atoms with E-state index >= 15 is 0 Å². The highest BCUT2D eigenvalue weighted by Crippen LogP contribution is 2.07. The van der Waals surface area contributed by atoms with Crippen molar-refractivity contribution in [3.05, 3.63) is 29.5 Å². The maximum atomic E-state index is 5.28. The minimum absolute atomic E-state index is 0.591. The third-order valence-electron chi connectivity index (χ3n) is 2.22. The number of aromatic nitrogens is 4. The Hall–Kier alpha value is -1.65. The molecule has 0 aliphatic rings. The normalized spacial score (nSPS) is 10.8. The van der Waals surface area contributed by atoms with E-state index in [0.29, 0.717) is 18.3 Å². The van der Waals surface area contributed by atoms with Crippen LogP contribution in [0.3, 0.4) is 0 Å². The summed E-state index contributed by atoms with van der Waals surface area (Å²) in [5, 5.41) is 7.69. The monoisotopic (exact) mass is 192 g/mol. The average Bonchev–Trinajstić information content (AvgIpc) is 2.67. The third kappa shape index (κ3) is 1.53. The van der Waals surface area contributed by atoms with Gasteiger partial charge in [0.05, 0.1) is 12.0 Å². The molecular formula is C9H12N4O. The van der Waals surface area contributed by atoms with Gasteiger partial charge in [0.2, 0.25) is 11.8 Å². The Kier molecular flexibility index (Phi) is 2.07. The number of nitrogens with zero attached hydrogens (tertiary/aromatic N) is 4. The summed E-state index contributed by atoms with van der Waals surface area (Å²) in [7, 11) is 0. The first-order valence-electron chi connectivity index (χ1n) is 4.44. The summed E-state index contributed by atoms with van der Waals surface area (Å²) in [4.78, 5) is 4.19. The molecule has 2 aromatic heterocycles. The van der Waals surface area contributed by atoms with Gasteiger partial charge in [0, 0.05) is 12.6 Å². The smallest absolute Gasteiger partial charge is 0.236 e. The highest BCUT2D eigenvalue weighted by atomic mass is 16.4. The first kappa shape index (κ1) is 8.93. The third-order valence-corrected chi connectivity index (χ3v) is 2.22. The summed E-state index contributed by atoms with van der Waals surface area (Å²) in [6.07, 6.45) is 1.78. The Morgan fingerprint density at radius 2 is 2.07 bits per heavy atom. The largest absolute Gasteiger partial charge is 0.424 e. The Balaban J connectivity index is 2.22. The summed E-state index contributed by atoms with van der Waals surface area (Å²) >= 11 is 0. The standard InChI is InChI=1S/C9H12N4O/c1-6-7(2)13(5-10-6)4-9-12-11-8(3)14-9/h5H,4H2,1-3H3. The zero-order valence-corrected chi connectivity index (χ0v) is 8.48. The first-order chi connectivity index (χ1) is 6.66. The van der Waals surface area contributed by atoms with Crippen LogP contribution in [0.5, 0.6) is 0 Å². The van der Waals surface area contributed by atoms with Crippen LogP contribution in [0.1, 0.15) is 23.2 Å². The van der Waals surface area contributed by atoms with Crippen LogP contribution in [-0.4, -0.2) is 19.7 Å². The molecule has 5 nitrogen and oxygen atoms in total. The van der Waals surface area contributed by atoms with E-state index in [4.69, 9.17) is 4.42 Å². The predicted molar refractivity (Wildman–Crippen MR) is 49.8 cm³/mol. The molecule has 0 bridgehead atoms. The van der Waals surface area contributed by atoms with Crippen LogP contribution in [0.4, 0.5) is 0 Å². The molecule has 0 N–H and O–H groups in total. The molecule has 74 valence electrons. The van der Waals surface area contributed by atoms with Gasteiger partial charge >= 0.3 is 0 Å². The van der Waals surface area contributed by atoms with Crippen LogP contribution >= 0.6 is 0 Å². The van der Waals surface area contributed by atoms with Gasteiger partial charge in [-0.1, -0.05) is 0 Å². The van der Waals surface area contributed by atoms with Crippen LogP contribution in [0, 0.1) is 20.8 Å². The maximum absolute atomic E-state index is 5.28. The van der Waals surface area contributed by atoms with Crippen LogP contribution in [-0.2, 0) is 6.54 Å². The number of imidazole rings is 1. The SMILES string of the molecule is Cc1nnc(Cn2cnc(C)c2C)o1. The molecule has 0 aromatic carbocycles. The molecule has 2 rings (SSSR count). The molecule has 0 atom stereocenters. The second kappa shape index (κ2) is 3.25. The topological polar surface area (TPSA) is 56.7 Å². The Morgan fingerprint density at radius 3 is 2.57 bits per heavy atom. The predicted octanol–water partition coefficient (Wildman–Crippen LogP) is 1.24. The van der Waals surface area contributed by atoms with Crippen LogP contribution in [0.15, 0.2) is 10.7 Å². The zero-order valence-electron chi connectivity index (χ0n) is 8.48. The van der Waals surface area contributed by atoms with E-state index < -0.39 is 0 Å². The van der Waals surface area contributed by atoms with E-state index in [1.165, 1.54) is 0 Å². The second-order valence-electron chi connectivity index (χ2n) is 3.26. The van der Waals surface area contributed by atoms with Crippen molar-refractivity contribution < 1.29 is 4.42 Å². The Morgan fingerprint density at radius 1 is 1.29 bits per heavy atom. The number of hydrogen-bond acceptors (Lipinski definition) is 4. The second-order valence-corrected chi connectivity index (χ2v) is 3.26. The lowest BCUT2D eigenvalue weighted by Gasteiger charge is -2.00. The molecule has 0 unspecified atom stereocenters. The molecule has 0 spiro atoms. The highest BCUT2D eigenvalue weighted by Gasteiger charge is 2.06. The average molecular weight is 192 g/mol. The minimum atomic E-state index is 0.591. The lowest BCUT2D eigenvalue weighted by Crippen LogP contribution is -2.00. The van der Waals surface area contributed by atoms with Gasteiger partial charge in [0.15, 0.2) is 0 Å². The van der Waals surface area contributed by atoms with E-state index in [1.54, 1.807) is 13.3 Å². The Bertz CT molecular complexity index is 443. The summed E-state index contributed by atoms with van der Waals surface area (Å²) in [5.41, 5.74) is 2.15. The molecule has 5 heteroatoms. The van der Waals surface area contributed by atoms with Gasteiger partial charge in [0.25, 0.3) is 0 Å². The van der Waals surface area contributed by atoms with Crippen LogP contribution in [0.25, 0.3) is 0 Å². The van der Waals surface area contributed by atoms with Gasteiger partial charge in [-0.05, 0) is 13.8 Å². The molecule has 0 amide bonds. The lowest BCUT2D eigenvalue weighted by atomic mass is 10.4. The molecular weight excluding hydrogens is 180 g/mol. The molecule has 0 aliphatic heterocycles. The van der Waals surface area contributed by atoms with Gasteiger partial charge in [0.1, 0.15) is 6.54 Å². The summed E-state index contributed by atoms with van der Waals surface area (Å²) in [5.74, 6) is 1.21.